The van der Waals surface area contributed by atoms with Gasteiger partial charge in [-0.3, -0.25) is 28.9 Å². The van der Waals surface area contributed by atoms with E-state index in [4.69, 9.17) is 14.2 Å². The van der Waals surface area contributed by atoms with Crippen LogP contribution < -0.4 is 21.3 Å². The Kier molecular flexibility index (Phi) is 28.4. The zero-order chi connectivity index (χ0) is 56.7. The molecule has 0 saturated carbocycles. The molecule has 1 aliphatic rings. The predicted octanol–water partition coefficient (Wildman–Crippen LogP) is 8.57. The number of nitrogens with zero attached hydrogens (tertiary/aromatic N) is 4. The van der Waals surface area contributed by atoms with Gasteiger partial charge >= 0.3 is 6.09 Å². The monoisotopic (exact) mass is 1080 g/mol. The van der Waals surface area contributed by atoms with E-state index in [9.17, 15) is 24.0 Å². The lowest BCUT2D eigenvalue weighted by Crippen LogP contribution is -2.61. The number of amides is 6. The van der Waals surface area contributed by atoms with Crippen molar-refractivity contribution in [3.63, 3.8) is 0 Å². The highest BCUT2D eigenvalue weighted by Crippen LogP contribution is 2.32. The van der Waals surface area contributed by atoms with Gasteiger partial charge < -0.3 is 45.3 Å². The van der Waals surface area contributed by atoms with Crippen LogP contribution in [0, 0.1) is 23.7 Å². The molecule has 1 unspecified atom stereocenters. The number of likely N-dealkylation sites (tertiary alicyclic amines) is 1. The van der Waals surface area contributed by atoms with Gasteiger partial charge in [0.25, 0.3) is 5.91 Å². The number of ether oxygens (including phenoxy) is 3. The molecule has 1 aromatic carbocycles. The van der Waals surface area contributed by atoms with Crippen molar-refractivity contribution in [1.29, 1.82) is 0 Å². The second kappa shape index (κ2) is 32.9. The Morgan fingerprint density at radius 2 is 1.50 bits per heavy atom. The van der Waals surface area contributed by atoms with Crippen LogP contribution >= 0.6 is 11.3 Å². The standard InChI is InChI=1S/C58H98N8O9S/c1-16-19-22-27-40(7)48(63-54(70)49(38(4)5)64(12)13)56(71)66(33-25-20-17-2)50(39(6)18-3)46(73-14)36-47(67)65-34-26-30-45(65)51(74-15)41(8)52(68)61-43(35-42-28-23-21-24-29-42)55-62-44(37-76-55)53(69)59-31-32-60-57(72)75-58(9,10)11/h21,23-24,28-29,37-41,43,45-46,48-51H,16-20,22,25-27,30-36H2,1-15H3,(H,59,69)(H,60,72)(H,61,68)(H,63,70)/t39-,40?,41+,43-,45-,46+,48-,49-,50-,51+/m0/s1. The first kappa shape index (κ1) is 65.6. The van der Waals surface area contributed by atoms with E-state index in [0.29, 0.717) is 30.9 Å². The summed E-state index contributed by atoms with van der Waals surface area (Å²) in [7, 11) is 6.97. The van der Waals surface area contributed by atoms with E-state index in [2.05, 4.69) is 60.9 Å². The number of aromatic nitrogens is 1. The van der Waals surface area contributed by atoms with E-state index in [-0.39, 0.29) is 66.6 Å². The number of likely N-dealkylation sites (N-methyl/N-ethyl adjacent to an activating group) is 1. The highest BCUT2D eigenvalue weighted by molar-refractivity contribution is 7.09. The number of nitrogens with one attached hydrogen (secondary N) is 4. The van der Waals surface area contributed by atoms with Crippen molar-refractivity contribution in [1.82, 2.24) is 41.0 Å². The van der Waals surface area contributed by atoms with Crippen LogP contribution in [0.1, 0.15) is 174 Å². The lowest BCUT2D eigenvalue weighted by Gasteiger charge is -2.43. The summed E-state index contributed by atoms with van der Waals surface area (Å²) >= 11 is 1.27. The molecular weight excluding hydrogens is 985 g/mol. The molecule has 10 atom stereocenters. The zero-order valence-electron chi connectivity index (χ0n) is 49.0. The van der Waals surface area contributed by atoms with Crippen molar-refractivity contribution >= 4 is 47.0 Å². The molecule has 6 amide bonds. The molecule has 1 aliphatic heterocycles. The summed E-state index contributed by atoms with van der Waals surface area (Å²) in [5.74, 6) is -2.01. The summed E-state index contributed by atoms with van der Waals surface area (Å²) in [4.78, 5) is 94.6. The third kappa shape index (κ3) is 20.3. The molecule has 2 heterocycles. The van der Waals surface area contributed by atoms with Gasteiger partial charge in [0, 0.05) is 45.8 Å². The van der Waals surface area contributed by atoms with Crippen molar-refractivity contribution in [2.24, 2.45) is 23.7 Å². The Hall–Kier alpha value is -4.65. The molecule has 0 bridgehead atoms. The van der Waals surface area contributed by atoms with Gasteiger partial charge in [0.15, 0.2) is 0 Å². The van der Waals surface area contributed by atoms with E-state index >= 15 is 4.79 Å². The Bertz CT molecular complexity index is 2070. The van der Waals surface area contributed by atoms with Crippen molar-refractivity contribution in [3.05, 3.63) is 52.0 Å². The fourth-order valence-corrected chi connectivity index (χ4v) is 11.4. The average molecular weight is 1080 g/mol. The molecule has 17 nitrogen and oxygen atoms in total. The first-order valence-electron chi connectivity index (χ1n) is 28.2. The van der Waals surface area contributed by atoms with Gasteiger partial charge in [0.05, 0.1) is 48.7 Å². The largest absolute Gasteiger partial charge is 0.444 e. The van der Waals surface area contributed by atoms with E-state index in [1.165, 1.54) is 11.3 Å². The number of methoxy groups -OCH3 is 2. The number of alkyl carbamates (subject to hydrolysis) is 1. The van der Waals surface area contributed by atoms with Crippen LogP contribution in [0.3, 0.4) is 0 Å². The number of rotatable bonds is 33. The van der Waals surface area contributed by atoms with Gasteiger partial charge in [-0.25, -0.2) is 9.78 Å². The van der Waals surface area contributed by atoms with Gasteiger partial charge in [-0.15, -0.1) is 11.3 Å². The topological polar surface area (TPSA) is 201 Å². The summed E-state index contributed by atoms with van der Waals surface area (Å²) in [6.07, 6.45) is 7.04. The molecule has 76 heavy (non-hydrogen) atoms. The van der Waals surface area contributed by atoms with Crippen LogP contribution in [0.2, 0.25) is 0 Å². The maximum atomic E-state index is 15.4. The van der Waals surface area contributed by atoms with E-state index < -0.39 is 65.9 Å². The molecule has 1 aromatic heterocycles. The SMILES string of the molecule is CCCCCC(C)[C@H](NC(=O)[C@H](C(C)C)N(C)C)C(=O)N(CCCCC)[C@@H]([C@@H](C)CC)[C@@H](CC(=O)N1CCC[C@H]1[C@H](OC)[C@@H](C)C(=O)N[C@@H](Cc1ccccc1)c1nc(C(=O)NCCNC(=O)OC(C)(C)C)cs1)OC. The smallest absolute Gasteiger partial charge is 0.407 e. The normalized spacial score (nSPS) is 17.4. The highest BCUT2D eigenvalue weighted by atomic mass is 32.1. The van der Waals surface area contributed by atoms with Gasteiger partial charge in [-0.05, 0) is 90.3 Å². The third-order valence-corrected chi connectivity index (χ3v) is 15.7. The van der Waals surface area contributed by atoms with Crippen molar-refractivity contribution in [2.75, 3.05) is 54.5 Å². The van der Waals surface area contributed by atoms with Gasteiger partial charge in [-0.1, -0.05) is 124 Å². The minimum Gasteiger partial charge on any atom is -0.444 e. The Balaban J connectivity index is 1.90. The fraction of sp³-hybridized carbons (Fsp3) is 0.741. The minimum atomic E-state index is -0.763. The molecule has 0 radical (unpaired) electrons. The molecular formula is C58H98N8O9S. The Morgan fingerprint density at radius 3 is 2.09 bits per heavy atom. The van der Waals surface area contributed by atoms with E-state index in [1.54, 1.807) is 40.4 Å². The molecule has 1 fully saturated rings. The second-order valence-electron chi connectivity index (χ2n) is 22.5. The fourth-order valence-electron chi connectivity index (χ4n) is 10.5. The van der Waals surface area contributed by atoms with Crippen LogP contribution in [-0.2, 0) is 39.8 Å². The van der Waals surface area contributed by atoms with Crippen LogP contribution in [0.5, 0.6) is 0 Å². The van der Waals surface area contributed by atoms with Gasteiger partial charge in [0.2, 0.25) is 23.6 Å². The van der Waals surface area contributed by atoms with Crippen molar-refractivity contribution in [2.45, 2.75) is 201 Å². The van der Waals surface area contributed by atoms with Gasteiger partial charge in [-0.2, -0.15) is 0 Å². The van der Waals surface area contributed by atoms with Crippen LogP contribution in [0.4, 0.5) is 4.79 Å². The first-order chi connectivity index (χ1) is 36.0. The molecule has 430 valence electrons. The minimum absolute atomic E-state index is 0.00900. The van der Waals surface area contributed by atoms with E-state index in [0.717, 1.165) is 63.4 Å². The highest BCUT2D eigenvalue weighted by Gasteiger charge is 2.44. The maximum absolute atomic E-state index is 15.4. The molecule has 0 aliphatic carbocycles. The lowest BCUT2D eigenvalue weighted by atomic mass is 9.87. The van der Waals surface area contributed by atoms with Crippen LogP contribution in [0.15, 0.2) is 35.7 Å². The van der Waals surface area contributed by atoms with E-state index in [1.807, 2.05) is 79.9 Å². The van der Waals surface area contributed by atoms with Gasteiger partial charge in [0.1, 0.15) is 22.3 Å². The molecule has 1 saturated heterocycles. The number of thiazole rings is 1. The molecule has 18 heteroatoms. The average Bonchev–Trinajstić information content (AvgIpc) is 4.07. The van der Waals surface area contributed by atoms with Crippen molar-refractivity contribution in [3.8, 4) is 0 Å². The number of unbranched alkanes of at least 4 members (excludes halogenated alkanes) is 4. The molecule has 2 aromatic rings. The zero-order valence-corrected chi connectivity index (χ0v) is 49.8. The van der Waals surface area contributed by atoms with Crippen LogP contribution in [0.25, 0.3) is 0 Å². The number of hydrogen-bond donors (Lipinski definition) is 4. The Morgan fingerprint density at radius 1 is 0.842 bits per heavy atom. The first-order valence-corrected chi connectivity index (χ1v) is 29.1. The summed E-state index contributed by atoms with van der Waals surface area (Å²) in [5.41, 5.74) is 0.506. The summed E-state index contributed by atoms with van der Waals surface area (Å²) in [6.45, 7) is 23.0. The second-order valence-corrected chi connectivity index (χ2v) is 23.4. The Labute approximate surface area is 460 Å². The third-order valence-electron chi connectivity index (χ3n) is 14.7. The van der Waals surface area contributed by atoms with Crippen molar-refractivity contribution < 1.29 is 43.0 Å². The number of hydrogen-bond acceptors (Lipinski definition) is 12. The quantitative estimate of drug-likeness (QED) is 0.0499. The molecule has 3 rings (SSSR count). The number of carbonyl (C=O) groups excluding carboxylic acids is 6. The molecule has 4 N–H and O–H groups in total. The number of carbonyl (C=O) groups is 6. The summed E-state index contributed by atoms with van der Waals surface area (Å²) < 4.78 is 17.8. The lowest BCUT2D eigenvalue weighted by molar-refractivity contribution is -0.149. The molecule has 0 spiro atoms. The number of benzene rings is 1. The predicted molar refractivity (Wildman–Crippen MR) is 302 cm³/mol. The van der Waals surface area contributed by atoms with Crippen LogP contribution in [-0.4, -0.2) is 152 Å². The summed E-state index contributed by atoms with van der Waals surface area (Å²) in [6, 6.07) is 7.07. The summed E-state index contributed by atoms with van der Waals surface area (Å²) in [5, 5.41) is 14.1. The maximum Gasteiger partial charge on any atom is 0.407 e.